The maximum Gasteiger partial charge on any atom is 0.192 e. The van der Waals surface area contributed by atoms with Gasteiger partial charge in [-0.25, -0.2) is 4.98 Å². The molecule has 0 bridgehead atoms. The number of rotatable bonds is 7. The summed E-state index contributed by atoms with van der Waals surface area (Å²) in [5.74, 6) is 1.39. The van der Waals surface area contributed by atoms with Crippen molar-refractivity contribution in [2.75, 3.05) is 13.2 Å². The highest BCUT2D eigenvalue weighted by Crippen LogP contribution is 2.36. The monoisotopic (exact) mass is 453 g/mol. The zero-order valence-electron chi connectivity index (χ0n) is 18.9. The van der Waals surface area contributed by atoms with Crippen molar-refractivity contribution >= 4 is 23.3 Å². The molecule has 1 aromatic carbocycles. The lowest BCUT2D eigenvalue weighted by atomic mass is 10.0. The van der Waals surface area contributed by atoms with Gasteiger partial charge in [-0.3, -0.25) is 9.59 Å². The van der Waals surface area contributed by atoms with Crippen molar-refractivity contribution in [3.05, 3.63) is 46.9 Å². The maximum atomic E-state index is 13.2. The Hall–Kier alpha value is -3.00. The zero-order valence-corrected chi connectivity index (χ0v) is 19.8. The normalized spacial score (nSPS) is 13.8. The van der Waals surface area contributed by atoms with Gasteiger partial charge in [0, 0.05) is 23.4 Å². The number of aromatic nitrogens is 3. The second kappa shape index (κ2) is 8.86. The predicted octanol–water partition coefficient (Wildman–Crippen LogP) is 4.85. The molecule has 1 atom stereocenters. The van der Waals surface area contributed by atoms with Crippen LogP contribution in [0.3, 0.4) is 0 Å². The fourth-order valence-corrected chi connectivity index (χ4v) is 5.14. The molecule has 0 fully saturated rings. The Morgan fingerprint density at radius 2 is 1.94 bits per heavy atom. The number of benzene rings is 1. The van der Waals surface area contributed by atoms with E-state index in [1.807, 2.05) is 45.2 Å². The van der Waals surface area contributed by atoms with Gasteiger partial charge in [0.1, 0.15) is 13.2 Å². The largest absolute Gasteiger partial charge is 0.486 e. The molecule has 0 radical (unpaired) electrons. The number of imidazole rings is 1. The number of nitrogens with one attached hydrogen (secondary N) is 1. The van der Waals surface area contributed by atoms with Crippen LogP contribution in [-0.4, -0.2) is 44.6 Å². The minimum Gasteiger partial charge on any atom is -0.486 e. The Labute approximate surface area is 191 Å². The maximum absolute atomic E-state index is 13.2. The van der Waals surface area contributed by atoms with Gasteiger partial charge < -0.3 is 19.0 Å². The van der Waals surface area contributed by atoms with Crippen molar-refractivity contribution in [1.82, 2.24) is 14.5 Å². The van der Waals surface area contributed by atoms with Gasteiger partial charge in [-0.2, -0.15) is 0 Å². The van der Waals surface area contributed by atoms with Gasteiger partial charge in [0.25, 0.3) is 0 Å². The van der Waals surface area contributed by atoms with Crippen LogP contribution < -0.4 is 9.47 Å². The molecule has 1 aliphatic rings. The number of carbonyl (C=O) groups is 2. The minimum atomic E-state index is -0.368. The summed E-state index contributed by atoms with van der Waals surface area (Å²) in [5, 5.41) is 0.401. The van der Waals surface area contributed by atoms with E-state index in [0.717, 1.165) is 33.6 Å². The van der Waals surface area contributed by atoms with E-state index in [-0.39, 0.29) is 16.8 Å². The van der Waals surface area contributed by atoms with E-state index in [1.54, 1.807) is 0 Å². The second-order valence-electron chi connectivity index (χ2n) is 7.83. The van der Waals surface area contributed by atoms with Crippen molar-refractivity contribution in [3.63, 3.8) is 0 Å². The Morgan fingerprint density at radius 1 is 1.22 bits per heavy atom. The average molecular weight is 454 g/mol. The molecule has 1 N–H and O–H groups in total. The highest BCUT2D eigenvalue weighted by atomic mass is 32.2. The van der Waals surface area contributed by atoms with Crippen molar-refractivity contribution in [2.45, 2.75) is 51.6 Å². The van der Waals surface area contributed by atoms with E-state index in [2.05, 4.69) is 21.5 Å². The molecule has 8 heteroatoms. The molecule has 0 saturated carbocycles. The topological polar surface area (TPSA) is 86.2 Å². The molecule has 0 amide bonds. The number of nitrogens with zero attached hydrogens (tertiary/aromatic N) is 2. The number of aryl methyl sites for hydroxylation is 1. The summed E-state index contributed by atoms with van der Waals surface area (Å²) >= 11 is 1.42. The van der Waals surface area contributed by atoms with Gasteiger partial charge in [0.05, 0.1) is 22.8 Å². The Bertz CT molecular complexity index is 1190. The number of H-pyrrole nitrogens is 1. The minimum absolute atomic E-state index is 0.0406. The van der Waals surface area contributed by atoms with Crippen LogP contribution in [0.15, 0.2) is 29.6 Å². The molecule has 168 valence electrons. The highest BCUT2D eigenvalue weighted by Gasteiger charge is 2.26. The lowest BCUT2D eigenvalue weighted by Gasteiger charge is -2.19. The van der Waals surface area contributed by atoms with E-state index in [4.69, 9.17) is 9.47 Å². The quantitative estimate of drug-likeness (QED) is 0.406. The zero-order chi connectivity index (χ0) is 23.0. The molecule has 2 aromatic heterocycles. The average Bonchev–Trinajstić information content (AvgIpc) is 3.32. The molecule has 7 nitrogen and oxygen atoms in total. The van der Waals surface area contributed by atoms with Crippen LogP contribution in [-0.2, 0) is 6.54 Å². The van der Waals surface area contributed by atoms with Gasteiger partial charge in [0.2, 0.25) is 0 Å². The number of fused-ring (bicyclic) bond motifs is 1. The summed E-state index contributed by atoms with van der Waals surface area (Å²) in [7, 11) is 0. The molecule has 1 aliphatic heterocycles. The fraction of sp³-hybridized carbons (Fsp3) is 0.375. The van der Waals surface area contributed by atoms with Gasteiger partial charge in [0.15, 0.2) is 28.2 Å². The molecule has 0 unspecified atom stereocenters. The number of ether oxygens (including phenoxy) is 2. The second-order valence-corrected chi connectivity index (χ2v) is 9.14. The Morgan fingerprint density at radius 3 is 2.59 bits per heavy atom. The third-order valence-electron chi connectivity index (χ3n) is 5.66. The van der Waals surface area contributed by atoms with Crippen LogP contribution in [0.4, 0.5) is 0 Å². The summed E-state index contributed by atoms with van der Waals surface area (Å²) in [6.45, 7) is 10.9. The van der Waals surface area contributed by atoms with E-state index in [9.17, 15) is 9.59 Å². The van der Waals surface area contributed by atoms with Gasteiger partial charge in [-0.15, -0.1) is 0 Å². The molecule has 32 heavy (non-hydrogen) atoms. The predicted molar refractivity (Wildman–Crippen MR) is 124 cm³/mol. The van der Waals surface area contributed by atoms with Crippen molar-refractivity contribution in [3.8, 4) is 22.8 Å². The molecular formula is C24H27N3O4S. The molecule has 0 saturated heterocycles. The fourth-order valence-electron chi connectivity index (χ4n) is 4.13. The first-order valence-corrected chi connectivity index (χ1v) is 11.6. The van der Waals surface area contributed by atoms with Crippen molar-refractivity contribution in [1.29, 1.82) is 0 Å². The number of hydrogen-bond donors (Lipinski definition) is 1. The molecule has 4 rings (SSSR count). The lowest BCUT2D eigenvalue weighted by molar-refractivity contribution is 0.0988. The van der Waals surface area contributed by atoms with Crippen LogP contribution in [0.1, 0.15) is 52.9 Å². The number of carbonyl (C=O) groups excluding carboxylic acids is 2. The van der Waals surface area contributed by atoms with E-state index >= 15 is 0 Å². The van der Waals surface area contributed by atoms with Crippen LogP contribution in [0.2, 0.25) is 0 Å². The molecule has 3 heterocycles. The summed E-state index contributed by atoms with van der Waals surface area (Å²) < 4.78 is 13.4. The Kier molecular flexibility index (Phi) is 6.15. The number of ketones is 2. The van der Waals surface area contributed by atoms with E-state index in [0.29, 0.717) is 36.6 Å². The highest BCUT2D eigenvalue weighted by molar-refractivity contribution is 8.00. The summed E-state index contributed by atoms with van der Waals surface area (Å²) in [4.78, 5) is 32.8. The van der Waals surface area contributed by atoms with Crippen LogP contribution >= 0.6 is 11.8 Å². The number of thioether (sulfide) groups is 1. The standard InChI is InChI=1S/C24H27N3O4S/c1-6-27-18(17-7-8-19-20(11-17)31-10-9-30-19)12-25-24(27)32-16(5)23(29)22-13(2)21(15(4)28)14(3)26-22/h7-8,11-12,16,26H,6,9-10H2,1-5H3/t16-/m0/s1. The first kappa shape index (κ1) is 22.2. The first-order chi connectivity index (χ1) is 15.3. The molecular weight excluding hydrogens is 426 g/mol. The van der Waals surface area contributed by atoms with Gasteiger partial charge in [-0.1, -0.05) is 11.8 Å². The van der Waals surface area contributed by atoms with Crippen LogP contribution in [0.5, 0.6) is 11.5 Å². The number of Topliss-reactive ketones (excluding diaryl/α,β-unsaturated/α-hetero) is 2. The lowest BCUT2D eigenvalue weighted by Crippen LogP contribution is -2.16. The third-order valence-corrected chi connectivity index (χ3v) is 6.76. The van der Waals surface area contributed by atoms with Gasteiger partial charge >= 0.3 is 0 Å². The van der Waals surface area contributed by atoms with E-state index < -0.39 is 0 Å². The van der Waals surface area contributed by atoms with Crippen molar-refractivity contribution in [2.24, 2.45) is 0 Å². The molecule has 0 spiro atoms. The van der Waals surface area contributed by atoms with Crippen LogP contribution in [0, 0.1) is 13.8 Å². The molecule has 3 aromatic rings. The third kappa shape index (κ3) is 3.95. The smallest absolute Gasteiger partial charge is 0.192 e. The first-order valence-electron chi connectivity index (χ1n) is 10.7. The summed E-state index contributed by atoms with van der Waals surface area (Å²) in [6.07, 6.45) is 1.83. The number of hydrogen-bond acceptors (Lipinski definition) is 6. The van der Waals surface area contributed by atoms with Crippen molar-refractivity contribution < 1.29 is 19.1 Å². The number of aromatic amines is 1. The SMILES string of the molecule is CCn1c(-c2ccc3c(c2)OCCO3)cnc1S[C@@H](C)C(=O)c1[nH]c(C)c(C(C)=O)c1C. The van der Waals surface area contributed by atoms with Gasteiger partial charge in [-0.05, 0) is 58.4 Å². The summed E-state index contributed by atoms with van der Waals surface area (Å²) in [6, 6.07) is 5.88. The summed E-state index contributed by atoms with van der Waals surface area (Å²) in [5.41, 5.74) is 4.47. The van der Waals surface area contributed by atoms with E-state index in [1.165, 1.54) is 18.7 Å². The molecule has 0 aliphatic carbocycles. The van der Waals surface area contributed by atoms with Crippen LogP contribution in [0.25, 0.3) is 11.3 Å². The Balaban J connectivity index is 1.59.